The van der Waals surface area contributed by atoms with Crippen LogP contribution in [0.5, 0.6) is 0 Å². The summed E-state index contributed by atoms with van der Waals surface area (Å²) in [7, 11) is 0. The van der Waals surface area contributed by atoms with Gasteiger partial charge in [0.25, 0.3) is 0 Å². The molecule has 2 fully saturated rings. The molecule has 5 nitrogen and oxygen atoms in total. The lowest BCUT2D eigenvalue weighted by molar-refractivity contribution is -0.119. The molecular weight excluding hydrogens is 388 g/mol. The molecular formula is C21H22N4OS2. The zero-order valence-electron chi connectivity index (χ0n) is 15.5. The van der Waals surface area contributed by atoms with Crippen LogP contribution in [0.1, 0.15) is 59.9 Å². The third-order valence-corrected chi connectivity index (χ3v) is 7.02. The summed E-state index contributed by atoms with van der Waals surface area (Å²) in [5.41, 5.74) is 1.10. The summed E-state index contributed by atoms with van der Waals surface area (Å²) in [5, 5.41) is 15.0. The van der Waals surface area contributed by atoms with Gasteiger partial charge < -0.3 is 9.88 Å². The lowest BCUT2D eigenvalue weighted by Gasteiger charge is -2.18. The number of rotatable bonds is 8. The fourth-order valence-corrected chi connectivity index (χ4v) is 5.06. The number of thiophene rings is 1. The summed E-state index contributed by atoms with van der Waals surface area (Å²) in [6.07, 6.45) is 4.84. The molecule has 2 saturated carbocycles. The Labute approximate surface area is 172 Å². The topological polar surface area (TPSA) is 59.8 Å². The Kier molecular flexibility index (Phi) is 4.94. The van der Waals surface area contributed by atoms with Crippen molar-refractivity contribution in [2.75, 3.05) is 5.75 Å². The van der Waals surface area contributed by atoms with Gasteiger partial charge in [0.2, 0.25) is 5.91 Å². The lowest BCUT2D eigenvalue weighted by Crippen LogP contribution is -2.30. The van der Waals surface area contributed by atoms with Crippen LogP contribution in [0.2, 0.25) is 0 Å². The highest BCUT2D eigenvalue weighted by Crippen LogP contribution is 2.46. The Morgan fingerprint density at radius 1 is 1.14 bits per heavy atom. The molecule has 1 aromatic carbocycles. The van der Waals surface area contributed by atoms with E-state index in [1.165, 1.54) is 37.4 Å². The molecule has 2 aromatic heterocycles. The maximum Gasteiger partial charge on any atom is 0.231 e. The number of benzene rings is 1. The van der Waals surface area contributed by atoms with E-state index in [2.05, 4.69) is 38.3 Å². The van der Waals surface area contributed by atoms with Crippen molar-refractivity contribution in [2.45, 2.75) is 48.8 Å². The average Bonchev–Trinajstić information content (AvgIpc) is 3.65. The first-order valence-corrected chi connectivity index (χ1v) is 11.6. The van der Waals surface area contributed by atoms with E-state index in [1.54, 1.807) is 11.3 Å². The number of hydrogen-bond donors (Lipinski definition) is 1. The third-order valence-electron chi connectivity index (χ3n) is 5.14. The minimum atomic E-state index is -0.113. The standard InChI is InChI=1S/C21H22N4OS2/c26-18(22-19(17-7-4-12-27-17)14-5-2-1-3-6-14)13-28-21-24-23-20(15-8-9-15)25(21)16-10-11-16/h1-7,12,15-16,19H,8-11,13H2,(H,22,26)/t19-/m1/s1. The molecule has 2 aliphatic rings. The fourth-order valence-electron chi connectivity index (χ4n) is 3.44. The van der Waals surface area contributed by atoms with Crippen LogP contribution in [0.4, 0.5) is 0 Å². The first-order chi connectivity index (χ1) is 13.8. The Balaban J connectivity index is 1.28. The van der Waals surface area contributed by atoms with Gasteiger partial charge in [0, 0.05) is 16.8 Å². The van der Waals surface area contributed by atoms with Crippen LogP contribution in [-0.2, 0) is 4.79 Å². The lowest BCUT2D eigenvalue weighted by atomic mass is 10.1. The minimum absolute atomic E-state index is 0.0190. The molecule has 7 heteroatoms. The molecule has 0 radical (unpaired) electrons. The van der Waals surface area contributed by atoms with Gasteiger partial charge in [-0.05, 0) is 42.7 Å². The summed E-state index contributed by atoms with van der Waals surface area (Å²) in [4.78, 5) is 13.9. The van der Waals surface area contributed by atoms with E-state index in [0.29, 0.717) is 17.7 Å². The smallest absolute Gasteiger partial charge is 0.231 e. The van der Waals surface area contributed by atoms with Crippen LogP contribution in [0.15, 0.2) is 53.0 Å². The molecule has 0 bridgehead atoms. The highest BCUT2D eigenvalue weighted by Gasteiger charge is 2.36. The van der Waals surface area contributed by atoms with Gasteiger partial charge in [0.1, 0.15) is 5.82 Å². The molecule has 5 rings (SSSR count). The number of carbonyl (C=O) groups is 1. The average molecular weight is 411 g/mol. The molecule has 0 aliphatic heterocycles. The van der Waals surface area contributed by atoms with E-state index in [-0.39, 0.29) is 11.9 Å². The van der Waals surface area contributed by atoms with Crippen molar-refractivity contribution in [1.29, 1.82) is 0 Å². The number of hydrogen-bond acceptors (Lipinski definition) is 5. The summed E-state index contributed by atoms with van der Waals surface area (Å²) >= 11 is 3.17. The van der Waals surface area contributed by atoms with Crippen LogP contribution in [0.3, 0.4) is 0 Å². The third kappa shape index (κ3) is 3.86. The second-order valence-corrected chi connectivity index (χ2v) is 9.35. The Hall–Kier alpha value is -2.12. The van der Waals surface area contributed by atoms with E-state index >= 15 is 0 Å². The zero-order chi connectivity index (χ0) is 18.9. The van der Waals surface area contributed by atoms with Gasteiger partial charge >= 0.3 is 0 Å². The second kappa shape index (κ2) is 7.72. The van der Waals surface area contributed by atoms with Crippen LogP contribution >= 0.6 is 23.1 Å². The Morgan fingerprint density at radius 2 is 1.96 bits per heavy atom. The van der Waals surface area contributed by atoms with Crippen molar-refractivity contribution in [3.8, 4) is 0 Å². The van der Waals surface area contributed by atoms with Crippen molar-refractivity contribution in [2.24, 2.45) is 0 Å². The number of nitrogens with zero attached hydrogens (tertiary/aromatic N) is 3. The molecule has 0 unspecified atom stereocenters. The Morgan fingerprint density at radius 3 is 2.64 bits per heavy atom. The monoisotopic (exact) mass is 410 g/mol. The first-order valence-electron chi connectivity index (χ1n) is 9.75. The highest BCUT2D eigenvalue weighted by atomic mass is 32.2. The fraction of sp³-hybridized carbons (Fsp3) is 0.381. The molecule has 2 aliphatic carbocycles. The number of carbonyl (C=O) groups excluding carboxylic acids is 1. The van der Waals surface area contributed by atoms with Crippen LogP contribution in [0.25, 0.3) is 0 Å². The van der Waals surface area contributed by atoms with Crippen LogP contribution in [-0.4, -0.2) is 26.4 Å². The molecule has 144 valence electrons. The van der Waals surface area contributed by atoms with Crippen LogP contribution in [0, 0.1) is 0 Å². The van der Waals surface area contributed by atoms with Gasteiger partial charge in [-0.2, -0.15) is 0 Å². The SMILES string of the molecule is O=C(CSc1nnc(C2CC2)n1C1CC1)N[C@H](c1ccccc1)c1cccs1. The summed E-state index contributed by atoms with van der Waals surface area (Å²) in [5.74, 6) is 2.08. The van der Waals surface area contributed by atoms with Crippen molar-refractivity contribution in [1.82, 2.24) is 20.1 Å². The number of amides is 1. The number of nitrogens with one attached hydrogen (secondary N) is 1. The van der Waals surface area contributed by atoms with Crippen molar-refractivity contribution in [3.05, 3.63) is 64.1 Å². The van der Waals surface area contributed by atoms with Gasteiger partial charge in [-0.3, -0.25) is 4.79 Å². The zero-order valence-corrected chi connectivity index (χ0v) is 17.1. The summed E-state index contributed by atoms with van der Waals surface area (Å²) < 4.78 is 2.30. The van der Waals surface area contributed by atoms with Gasteiger partial charge in [-0.15, -0.1) is 21.5 Å². The van der Waals surface area contributed by atoms with Gasteiger partial charge in [-0.25, -0.2) is 0 Å². The van der Waals surface area contributed by atoms with E-state index in [1.807, 2.05) is 29.6 Å². The van der Waals surface area contributed by atoms with Gasteiger partial charge in [-0.1, -0.05) is 48.2 Å². The summed E-state index contributed by atoms with van der Waals surface area (Å²) in [6.45, 7) is 0. The van der Waals surface area contributed by atoms with E-state index in [4.69, 9.17) is 0 Å². The summed E-state index contributed by atoms with van der Waals surface area (Å²) in [6, 6.07) is 14.7. The predicted molar refractivity (Wildman–Crippen MR) is 112 cm³/mol. The van der Waals surface area contributed by atoms with E-state index < -0.39 is 0 Å². The molecule has 1 atom stereocenters. The molecule has 0 spiro atoms. The largest absolute Gasteiger partial charge is 0.344 e. The molecule has 3 aromatic rings. The first kappa shape index (κ1) is 17.9. The number of aromatic nitrogens is 3. The molecule has 28 heavy (non-hydrogen) atoms. The van der Waals surface area contributed by atoms with Gasteiger partial charge in [0.05, 0.1) is 11.8 Å². The minimum Gasteiger partial charge on any atom is -0.344 e. The van der Waals surface area contributed by atoms with Crippen molar-refractivity contribution >= 4 is 29.0 Å². The van der Waals surface area contributed by atoms with Crippen molar-refractivity contribution < 1.29 is 4.79 Å². The Bertz CT molecular complexity index is 946. The maximum absolute atomic E-state index is 12.8. The molecule has 1 amide bonds. The van der Waals surface area contributed by atoms with E-state index in [9.17, 15) is 4.79 Å². The molecule has 0 saturated heterocycles. The highest BCUT2D eigenvalue weighted by molar-refractivity contribution is 7.99. The normalized spacial score (nSPS) is 17.4. The van der Waals surface area contributed by atoms with Crippen molar-refractivity contribution in [3.63, 3.8) is 0 Å². The maximum atomic E-state index is 12.8. The number of thioether (sulfide) groups is 1. The quantitative estimate of drug-likeness (QED) is 0.554. The molecule has 1 N–H and O–H groups in total. The second-order valence-electron chi connectivity index (χ2n) is 7.43. The molecule has 2 heterocycles. The van der Waals surface area contributed by atoms with Gasteiger partial charge in [0.15, 0.2) is 5.16 Å². The van der Waals surface area contributed by atoms with E-state index in [0.717, 1.165) is 21.4 Å². The predicted octanol–water partition coefficient (Wildman–Crippen LogP) is 4.55. The van der Waals surface area contributed by atoms with Crippen LogP contribution < -0.4 is 5.32 Å².